The fourth-order valence-corrected chi connectivity index (χ4v) is 2.36. The number of carbonyl (C=O) groups excluding carboxylic acids is 2. The highest BCUT2D eigenvalue weighted by Crippen LogP contribution is 2.25. The lowest BCUT2D eigenvalue weighted by molar-refractivity contribution is -0.146. The lowest BCUT2D eigenvalue weighted by atomic mass is 9.97. The molecule has 2 amide bonds. The topological polar surface area (TPSA) is 75.4 Å². The second-order valence-corrected chi connectivity index (χ2v) is 5.28. The minimum absolute atomic E-state index is 0.0660. The van der Waals surface area contributed by atoms with Crippen LogP contribution in [0.25, 0.3) is 0 Å². The summed E-state index contributed by atoms with van der Waals surface area (Å²) < 4.78 is 0. The summed E-state index contributed by atoms with van der Waals surface area (Å²) in [5.74, 6) is -0.497. The maximum atomic E-state index is 12.5. The molecule has 1 fully saturated rings. The van der Waals surface area contributed by atoms with E-state index in [0.29, 0.717) is 13.1 Å². The van der Waals surface area contributed by atoms with E-state index in [1.165, 1.54) is 0 Å². The maximum absolute atomic E-state index is 12.5. The number of piperazine rings is 1. The van der Waals surface area contributed by atoms with E-state index in [-0.39, 0.29) is 23.8 Å². The van der Waals surface area contributed by atoms with Gasteiger partial charge in [-0.15, -0.1) is 0 Å². The van der Waals surface area contributed by atoms with Crippen LogP contribution in [0.5, 0.6) is 0 Å². The van der Waals surface area contributed by atoms with Crippen molar-refractivity contribution in [3.05, 3.63) is 35.9 Å². The summed E-state index contributed by atoms with van der Waals surface area (Å²) in [5, 5.41) is 2.82. The molecule has 0 bridgehead atoms. The Morgan fingerprint density at radius 1 is 1.35 bits per heavy atom. The van der Waals surface area contributed by atoms with Gasteiger partial charge in [-0.1, -0.05) is 37.3 Å². The molecule has 1 heterocycles. The van der Waals surface area contributed by atoms with E-state index in [9.17, 15) is 9.59 Å². The van der Waals surface area contributed by atoms with Crippen LogP contribution in [0.1, 0.15) is 25.5 Å². The third-order valence-electron chi connectivity index (χ3n) is 3.79. The fourth-order valence-electron chi connectivity index (χ4n) is 2.36. The van der Waals surface area contributed by atoms with Crippen LogP contribution in [0.15, 0.2) is 30.3 Å². The summed E-state index contributed by atoms with van der Waals surface area (Å²) in [5.41, 5.74) is 6.64. The first kappa shape index (κ1) is 14.5. The molecular weight excluding hydrogens is 254 g/mol. The van der Waals surface area contributed by atoms with Gasteiger partial charge in [-0.2, -0.15) is 0 Å². The Balaban J connectivity index is 2.29. The molecule has 5 nitrogen and oxygen atoms in total. The van der Waals surface area contributed by atoms with Gasteiger partial charge < -0.3 is 16.0 Å². The second kappa shape index (κ2) is 6.05. The van der Waals surface area contributed by atoms with Gasteiger partial charge in [0, 0.05) is 19.1 Å². The van der Waals surface area contributed by atoms with E-state index >= 15 is 0 Å². The highest BCUT2D eigenvalue weighted by atomic mass is 16.2. The Labute approximate surface area is 119 Å². The smallest absolute Gasteiger partial charge is 0.247 e. The van der Waals surface area contributed by atoms with Crippen molar-refractivity contribution in [1.29, 1.82) is 0 Å². The molecule has 1 aliphatic rings. The third kappa shape index (κ3) is 2.82. The molecule has 108 valence electrons. The van der Waals surface area contributed by atoms with Gasteiger partial charge in [0.2, 0.25) is 11.8 Å². The van der Waals surface area contributed by atoms with Crippen LogP contribution in [0.2, 0.25) is 0 Å². The molecule has 3 unspecified atom stereocenters. The number of nitrogens with one attached hydrogen (secondary N) is 1. The molecule has 1 aliphatic heterocycles. The Kier molecular flexibility index (Phi) is 4.39. The normalized spacial score (nSPS) is 22.1. The minimum Gasteiger partial charge on any atom is -0.352 e. The van der Waals surface area contributed by atoms with Crippen molar-refractivity contribution in [2.75, 3.05) is 13.1 Å². The van der Waals surface area contributed by atoms with Gasteiger partial charge >= 0.3 is 0 Å². The number of benzene rings is 1. The van der Waals surface area contributed by atoms with Gasteiger partial charge in [-0.25, -0.2) is 0 Å². The van der Waals surface area contributed by atoms with Gasteiger partial charge in [0.15, 0.2) is 0 Å². The molecule has 0 aliphatic carbocycles. The Hall–Kier alpha value is -1.88. The van der Waals surface area contributed by atoms with E-state index < -0.39 is 6.04 Å². The van der Waals surface area contributed by atoms with Crippen LogP contribution in [-0.4, -0.2) is 35.8 Å². The molecule has 1 aromatic carbocycles. The maximum Gasteiger partial charge on any atom is 0.247 e. The molecule has 0 aromatic heterocycles. The van der Waals surface area contributed by atoms with Crippen molar-refractivity contribution >= 4 is 11.8 Å². The fraction of sp³-hybridized carbons (Fsp3) is 0.467. The van der Waals surface area contributed by atoms with Gasteiger partial charge in [0.1, 0.15) is 6.04 Å². The number of amides is 2. The summed E-state index contributed by atoms with van der Waals surface area (Å²) in [6, 6.07) is 8.58. The van der Waals surface area contributed by atoms with Crippen LogP contribution in [0.4, 0.5) is 0 Å². The summed E-state index contributed by atoms with van der Waals surface area (Å²) in [7, 11) is 0. The average Bonchev–Trinajstić information content (AvgIpc) is 2.46. The molecule has 20 heavy (non-hydrogen) atoms. The molecule has 0 radical (unpaired) electrons. The molecule has 1 aromatic rings. The molecular formula is C15H21N3O2. The molecule has 0 saturated carbocycles. The van der Waals surface area contributed by atoms with Crippen LogP contribution in [0.3, 0.4) is 0 Å². The zero-order valence-corrected chi connectivity index (χ0v) is 11.9. The quantitative estimate of drug-likeness (QED) is 0.851. The number of carbonyl (C=O) groups is 2. The average molecular weight is 275 g/mol. The Bertz CT molecular complexity index is 487. The van der Waals surface area contributed by atoms with Crippen LogP contribution in [-0.2, 0) is 9.59 Å². The third-order valence-corrected chi connectivity index (χ3v) is 3.79. The lowest BCUT2D eigenvalue weighted by Gasteiger charge is -2.37. The second-order valence-electron chi connectivity index (χ2n) is 5.28. The largest absolute Gasteiger partial charge is 0.352 e. The standard InChI is InChI=1S/C15H21N3O2/c1-10(11(2)16)15(20)18-9-8-17-14(19)13(18)12-6-4-3-5-7-12/h3-7,10-11,13H,8-9,16H2,1-2H3,(H,17,19). The summed E-state index contributed by atoms with van der Waals surface area (Å²) >= 11 is 0. The first-order valence-electron chi connectivity index (χ1n) is 6.91. The molecule has 0 spiro atoms. The number of nitrogens with two attached hydrogens (primary N) is 1. The summed E-state index contributed by atoms with van der Waals surface area (Å²) in [6.45, 7) is 4.62. The van der Waals surface area contributed by atoms with E-state index in [1.54, 1.807) is 4.90 Å². The molecule has 5 heteroatoms. The zero-order valence-electron chi connectivity index (χ0n) is 11.9. The van der Waals surface area contributed by atoms with E-state index in [1.807, 2.05) is 44.2 Å². The van der Waals surface area contributed by atoms with Crippen LogP contribution in [0, 0.1) is 5.92 Å². The van der Waals surface area contributed by atoms with Crippen LogP contribution >= 0.6 is 0 Å². The number of hydrogen-bond donors (Lipinski definition) is 2. The van der Waals surface area contributed by atoms with Crippen molar-refractivity contribution in [1.82, 2.24) is 10.2 Å². The first-order chi connectivity index (χ1) is 9.52. The predicted octanol–water partition coefficient (Wildman–Crippen LogP) is 0.669. The lowest BCUT2D eigenvalue weighted by Crippen LogP contribution is -2.54. The SMILES string of the molecule is CC(N)C(C)C(=O)N1CCNC(=O)C1c1ccccc1. The number of nitrogens with zero attached hydrogens (tertiary/aromatic N) is 1. The highest BCUT2D eigenvalue weighted by molar-refractivity contribution is 5.90. The first-order valence-corrected chi connectivity index (χ1v) is 6.91. The van der Waals surface area contributed by atoms with Gasteiger partial charge in [-0.05, 0) is 12.5 Å². The van der Waals surface area contributed by atoms with Crippen molar-refractivity contribution in [2.45, 2.75) is 25.9 Å². The van der Waals surface area contributed by atoms with Crippen LogP contribution < -0.4 is 11.1 Å². The monoisotopic (exact) mass is 275 g/mol. The Morgan fingerprint density at radius 2 is 2.00 bits per heavy atom. The van der Waals surface area contributed by atoms with Gasteiger partial charge in [-0.3, -0.25) is 9.59 Å². The van der Waals surface area contributed by atoms with E-state index in [4.69, 9.17) is 5.73 Å². The van der Waals surface area contributed by atoms with E-state index in [2.05, 4.69) is 5.32 Å². The number of rotatable bonds is 3. The molecule has 3 atom stereocenters. The van der Waals surface area contributed by atoms with E-state index in [0.717, 1.165) is 5.56 Å². The van der Waals surface area contributed by atoms with Crippen molar-refractivity contribution in [3.8, 4) is 0 Å². The minimum atomic E-state index is -0.557. The van der Waals surface area contributed by atoms with Crippen molar-refractivity contribution < 1.29 is 9.59 Å². The summed E-state index contributed by atoms with van der Waals surface area (Å²) in [6.07, 6.45) is 0. The summed E-state index contributed by atoms with van der Waals surface area (Å²) in [4.78, 5) is 26.3. The van der Waals surface area contributed by atoms with Gasteiger partial charge in [0.25, 0.3) is 0 Å². The highest BCUT2D eigenvalue weighted by Gasteiger charge is 2.36. The van der Waals surface area contributed by atoms with Crippen molar-refractivity contribution in [3.63, 3.8) is 0 Å². The molecule has 1 saturated heterocycles. The predicted molar refractivity (Wildman–Crippen MR) is 76.7 cm³/mol. The van der Waals surface area contributed by atoms with Crippen molar-refractivity contribution in [2.24, 2.45) is 11.7 Å². The Morgan fingerprint density at radius 3 is 2.60 bits per heavy atom. The molecule has 3 N–H and O–H groups in total. The zero-order chi connectivity index (χ0) is 14.7. The molecule has 2 rings (SSSR count). The van der Waals surface area contributed by atoms with Gasteiger partial charge in [0.05, 0.1) is 5.92 Å². The number of hydrogen-bond acceptors (Lipinski definition) is 3.